The van der Waals surface area contributed by atoms with Crippen molar-refractivity contribution in [3.05, 3.63) is 59.8 Å². The summed E-state index contributed by atoms with van der Waals surface area (Å²) in [4.78, 5) is 28.5. The van der Waals surface area contributed by atoms with Crippen molar-refractivity contribution in [2.24, 2.45) is 7.05 Å². The number of hydrogen-bond donors (Lipinski definition) is 2. The van der Waals surface area contributed by atoms with E-state index < -0.39 is 5.60 Å². The Morgan fingerprint density at radius 3 is 2.70 bits per heavy atom. The second kappa shape index (κ2) is 11.4. The van der Waals surface area contributed by atoms with E-state index in [0.717, 1.165) is 11.5 Å². The first-order valence-corrected chi connectivity index (χ1v) is 12.9. The fraction of sp³-hybridized carbons (Fsp3) is 0.333. The number of aryl methyl sites for hydroxylation is 1. The number of aromatic nitrogens is 6. The van der Waals surface area contributed by atoms with Gasteiger partial charge in [-0.05, 0) is 53.7 Å². The molecule has 201 valence electrons. The molecular formula is C27H28N8NaO4. The maximum Gasteiger partial charge on any atom is 0.254 e. The van der Waals surface area contributed by atoms with Crippen molar-refractivity contribution < 1.29 is 19.1 Å². The molecule has 1 fully saturated rings. The number of nitrogens with zero attached hydrogens (tertiary/aromatic N) is 6. The molecule has 4 aromatic rings. The first-order chi connectivity index (χ1) is 18.9. The van der Waals surface area contributed by atoms with Crippen molar-refractivity contribution in [1.29, 1.82) is 0 Å². The third kappa shape index (κ3) is 5.47. The molecule has 12 nitrogen and oxygen atoms in total. The molecule has 2 aromatic carbocycles. The number of anilines is 2. The number of ether oxygens (including phenoxy) is 2. The number of carbonyl (C=O) groups is 2. The van der Waals surface area contributed by atoms with Crippen LogP contribution in [0.1, 0.15) is 46.9 Å². The third-order valence-electron chi connectivity index (χ3n) is 7.23. The summed E-state index contributed by atoms with van der Waals surface area (Å²) >= 11 is 0. The van der Waals surface area contributed by atoms with E-state index in [0.29, 0.717) is 66.6 Å². The average molecular weight is 552 g/mol. The van der Waals surface area contributed by atoms with Gasteiger partial charge in [-0.25, -0.2) is 5.10 Å². The number of ketones is 1. The van der Waals surface area contributed by atoms with Gasteiger partial charge in [-0.2, -0.15) is 5.10 Å². The molecule has 2 aromatic heterocycles. The van der Waals surface area contributed by atoms with Crippen molar-refractivity contribution in [2.45, 2.75) is 31.8 Å². The Morgan fingerprint density at radius 2 is 2.00 bits per heavy atom. The van der Waals surface area contributed by atoms with E-state index in [1.165, 1.54) is 0 Å². The zero-order valence-corrected chi connectivity index (χ0v) is 24.7. The van der Waals surface area contributed by atoms with Gasteiger partial charge >= 0.3 is 0 Å². The second-order valence-electron chi connectivity index (χ2n) is 9.78. The largest absolute Gasteiger partial charge is 0.494 e. The van der Waals surface area contributed by atoms with Crippen LogP contribution in [0, 0.1) is 0 Å². The van der Waals surface area contributed by atoms with Crippen molar-refractivity contribution in [3.8, 4) is 22.9 Å². The number of piperidine rings is 1. The van der Waals surface area contributed by atoms with Crippen LogP contribution in [-0.4, -0.2) is 102 Å². The van der Waals surface area contributed by atoms with E-state index in [9.17, 15) is 9.59 Å². The van der Waals surface area contributed by atoms with Crippen LogP contribution in [0.15, 0.2) is 48.7 Å². The maximum atomic E-state index is 13.5. The van der Waals surface area contributed by atoms with Gasteiger partial charge in [0.15, 0.2) is 11.6 Å². The Morgan fingerprint density at radius 1 is 1.18 bits per heavy atom. The van der Waals surface area contributed by atoms with Crippen LogP contribution in [0.4, 0.5) is 11.5 Å². The summed E-state index contributed by atoms with van der Waals surface area (Å²) < 4.78 is 13.9. The average Bonchev–Trinajstić information content (AvgIpc) is 3.62. The number of nitrogens with one attached hydrogen (secondary N) is 2. The number of Topliss-reactive ketones (excluding diaryl/α,β-unsaturated/α-hetero) is 1. The molecule has 2 aliphatic rings. The minimum Gasteiger partial charge on any atom is -0.494 e. The number of aromatic amines is 1. The number of fused-ring (bicyclic) bond motifs is 1. The van der Waals surface area contributed by atoms with Gasteiger partial charge in [0.25, 0.3) is 5.91 Å². The molecule has 1 spiro atoms. The van der Waals surface area contributed by atoms with Crippen LogP contribution in [0.5, 0.6) is 11.5 Å². The van der Waals surface area contributed by atoms with Crippen LogP contribution in [-0.2, 0) is 7.05 Å². The van der Waals surface area contributed by atoms with Crippen molar-refractivity contribution in [3.63, 3.8) is 0 Å². The molecule has 0 bridgehead atoms. The molecule has 1 amide bonds. The number of likely N-dealkylation sites (tertiary alicyclic amines) is 1. The smallest absolute Gasteiger partial charge is 0.254 e. The van der Waals surface area contributed by atoms with E-state index in [4.69, 9.17) is 9.47 Å². The minimum absolute atomic E-state index is 0. The Hall–Kier alpha value is -3.74. The first kappa shape index (κ1) is 27.8. The summed E-state index contributed by atoms with van der Waals surface area (Å²) in [7, 11) is 1.85. The molecule has 1 saturated heterocycles. The summed E-state index contributed by atoms with van der Waals surface area (Å²) in [6.45, 7) is 3.29. The number of tetrazole rings is 1. The van der Waals surface area contributed by atoms with Gasteiger partial charge in [0, 0.05) is 85.4 Å². The quantitative estimate of drug-likeness (QED) is 0.346. The van der Waals surface area contributed by atoms with Crippen LogP contribution in [0.2, 0.25) is 0 Å². The fourth-order valence-electron chi connectivity index (χ4n) is 5.19. The molecule has 2 N–H and O–H groups in total. The summed E-state index contributed by atoms with van der Waals surface area (Å²) in [6, 6.07) is 12.7. The SMILES string of the molecule is CCOc1cc(C(=O)N2CCC3(CC2)CC(=O)c2cc(Nc4ccnn4C)ccc2O3)cc(-c2nnn[nH]2)c1.[Na]. The third-order valence-corrected chi connectivity index (χ3v) is 7.23. The molecule has 13 heteroatoms. The Balaban J connectivity index is 0.00000323. The molecule has 6 rings (SSSR count). The zero-order valence-electron chi connectivity index (χ0n) is 22.7. The van der Waals surface area contributed by atoms with E-state index in [1.54, 1.807) is 34.0 Å². The summed E-state index contributed by atoms with van der Waals surface area (Å²) in [6.07, 6.45) is 3.10. The summed E-state index contributed by atoms with van der Waals surface area (Å²) in [5.74, 6) is 2.35. The number of carbonyl (C=O) groups excluding carboxylic acids is 2. The van der Waals surface area contributed by atoms with E-state index in [1.807, 2.05) is 38.2 Å². The minimum atomic E-state index is -0.623. The monoisotopic (exact) mass is 551 g/mol. The van der Waals surface area contributed by atoms with Crippen molar-refractivity contribution >= 4 is 52.8 Å². The second-order valence-corrected chi connectivity index (χ2v) is 9.78. The first-order valence-electron chi connectivity index (χ1n) is 12.9. The van der Waals surface area contributed by atoms with Gasteiger partial charge in [-0.15, -0.1) is 5.10 Å². The number of rotatable bonds is 6. The molecule has 2 aliphatic heterocycles. The Bertz CT molecular complexity index is 1530. The van der Waals surface area contributed by atoms with Crippen molar-refractivity contribution in [2.75, 3.05) is 25.0 Å². The number of benzene rings is 2. The standard InChI is InChI=1S/C27H28N8O4.Na/c1-3-38-20-13-17(25-30-32-33-31-25)12-18(14-20)26(37)35-10-7-27(8-11-35)16-22(36)21-15-19(4-5-23(21)39-27)29-24-6-9-28-34(24)2;/h4-6,9,12-15,29H,3,7-8,10-11,16H2,1-2H3,(H,30,31,32,33);. The predicted molar refractivity (Wildman–Crippen MR) is 147 cm³/mol. The van der Waals surface area contributed by atoms with Crippen LogP contribution in [0.3, 0.4) is 0 Å². The van der Waals surface area contributed by atoms with Crippen molar-refractivity contribution in [1.82, 2.24) is 35.3 Å². The van der Waals surface area contributed by atoms with Crippen LogP contribution >= 0.6 is 0 Å². The summed E-state index contributed by atoms with van der Waals surface area (Å²) in [5, 5.41) is 21.4. The predicted octanol–water partition coefficient (Wildman–Crippen LogP) is 3.00. The summed E-state index contributed by atoms with van der Waals surface area (Å²) in [5.41, 5.74) is 1.89. The molecule has 4 heterocycles. The molecule has 0 atom stereocenters. The van der Waals surface area contributed by atoms with Crippen LogP contribution < -0.4 is 14.8 Å². The van der Waals surface area contributed by atoms with E-state index in [-0.39, 0.29) is 47.7 Å². The van der Waals surface area contributed by atoms with E-state index in [2.05, 4.69) is 31.0 Å². The topological polar surface area (TPSA) is 140 Å². The molecule has 0 saturated carbocycles. The molecule has 0 unspecified atom stereocenters. The normalized spacial score (nSPS) is 15.7. The van der Waals surface area contributed by atoms with Gasteiger partial charge in [0.05, 0.1) is 24.8 Å². The molecule has 1 radical (unpaired) electrons. The van der Waals surface area contributed by atoms with E-state index >= 15 is 0 Å². The molecule has 0 aliphatic carbocycles. The van der Waals surface area contributed by atoms with Crippen LogP contribution in [0.25, 0.3) is 11.4 Å². The number of amides is 1. The number of H-pyrrole nitrogens is 1. The Labute approximate surface area is 252 Å². The zero-order chi connectivity index (χ0) is 27.0. The Kier molecular flexibility index (Phi) is 7.92. The van der Waals surface area contributed by atoms with Gasteiger partial charge in [-0.1, -0.05) is 0 Å². The molecular weight excluding hydrogens is 523 g/mol. The van der Waals surface area contributed by atoms with Gasteiger partial charge in [0.1, 0.15) is 22.9 Å². The van der Waals surface area contributed by atoms with Gasteiger partial charge < -0.3 is 19.7 Å². The number of hydrogen-bond acceptors (Lipinski definition) is 9. The molecule has 40 heavy (non-hydrogen) atoms. The van der Waals surface area contributed by atoms with Gasteiger partial charge in [-0.3, -0.25) is 14.3 Å². The maximum absolute atomic E-state index is 13.5. The fourth-order valence-corrected chi connectivity index (χ4v) is 5.19. The van der Waals surface area contributed by atoms with Gasteiger partial charge in [0.2, 0.25) is 0 Å².